The number of rotatable bonds is 4. The lowest BCUT2D eigenvalue weighted by atomic mass is 10.2. The third-order valence-corrected chi connectivity index (χ3v) is 1.54. The van der Waals surface area contributed by atoms with Crippen LogP contribution in [0.25, 0.3) is 0 Å². The van der Waals surface area contributed by atoms with Gasteiger partial charge in [0.05, 0.1) is 0 Å². The molecule has 0 saturated heterocycles. The van der Waals surface area contributed by atoms with Crippen LogP contribution in [0.1, 0.15) is 26.7 Å². The molecule has 0 spiro atoms. The average Bonchev–Trinajstić information content (AvgIpc) is 1.88. The number of alkyl halides is 1. The van der Waals surface area contributed by atoms with Crippen LogP contribution < -0.4 is 0 Å². The van der Waals surface area contributed by atoms with Gasteiger partial charge in [0.2, 0.25) is 0 Å². The monoisotopic (exact) mass is 160 g/mol. The molecular formula is C8H13ClO. The summed E-state index contributed by atoms with van der Waals surface area (Å²) in [5, 5.41) is 0. The number of hydrogen-bond acceptors (Lipinski definition) is 1. The van der Waals surface area contributed by atoms with Crippen LogP contribution in [0, 0.1) is 0 Å². The molecule has 0 atom stereocenters. The van der Waals surface area contributed by atoms with Crippen molar-refractivity contribution in [3.05, 3.63) is 11.6 Å². The Bertz CT molecular complexity index is 138. The third kappa shape index (κ3) is 4.57. The molecule has 0 aromatic heterocycles. The standard InChI is InChI=1S/C8H13ClO/c1-3-4-8(10)5-7(2)6-9/h5H,3-4,6H2,1-2H3/b7-5-. The van der Waals surface area contributed by atoms with Crippen LogP contribution in [0.3, 0.4) is 0 Å². The van der Waals surface area contributed by atoms with Crippen molar-refractivity contribution < 1.29 is 4.79 Å². The predicted molar refractivity (Wildman–Crippen MR) is 44.4 cm³/mol. The molecule has 0 rings (SSSR count). The van der Waals surface area contributed by atoms with Crippen molar-refractivity contribution in [3.63, 3.8) is 0 Å². The molecule has 2 heteroatoms. The van der Waals surface area contributed by atoms with E-state index >= 15 is 0 Å². The molecule has 58 valence electrons. The molecule has 0 aliphatic rings. The molecule has 10 heavy (non-hydrogen) atoms. The van der Waals surface area contributed by atoms with E-state index in [1.807, 2.05) is 13.8 Å². The molecule has 0 amide bonds. The molecule has 0 aromatic rings. The van der Waals surface area contributed by atoms with E-state index in [2.05, 4.69) is 0 Å². The molecule has 0 radical (unpaired) electrons. The summed E-state index contributed by atoms with van der Waals surface area (Å²) < 4.78 is 0. The van der Waals surface area contributed by atoms with Gasteiger partial charge in [0.15, 0.2) is 5.78 Å². The zero-order valence-electron chi connectivity index (χ0n) is 6.48. The van der Waals surface area contributed by atoms with Crippen molar-refractivity contribution in [1.82, 2.24) is 0 Å². The van der Waals surface area contributed by atoms with Gasteiger partial charge in [0.25, 0.3) is 0 Å². The maximum absolute atomic E-state index is 10.9. The zero-order valence-corrected chi connectivity index (χ0v) is 7.24. The second-order valence-electron chi connectivity index (χ2n) is 2.34. The van der Waals surface area contributed by atoms with Crippen molar-refractivity contribution >= 4 is 17.4 Å². The Morgan fingerprint density at radius 2 is 2.20 bits per heavy atom. The van der Waals surface area contributed by atoms with E-state index in [4.69, 9.17) is 11.6 Å². The van der Waals surface area contributed by atoms with Crippen molar-refractivity contribution in [2.45, 2.75) is 26.7 Å². The number of allylic oxidation sites excluding steroid dienone is 2. The Labute approximate surface area is 67.1 Å². The first-order chi connectivity index (χ1) is 4.70. The molecule has 0 bridgehead atoms. The molecule has 0 fully saturated rings. The fourth-order valence-electron chi connectivity index (χ4n) is 0.632. The van der Waals surface area contributed by atoms with Crippen LogP contribution in [-0.2, 0) is 4.79 Å². The van der Waals surface area contributed by atoms with Crippen molar-refractivity contribution in [1.29, 1.82) is 0 Å². The highest BCUT2D eigenvalue weighted by molar-refractivity contribution is 6.19. The highest BCUT2D eigenvalue weighted by Crippen LogP contribution is 1.98. The van der Waals surface area contributed by atoms with E-state index in [0.717, 1.165) is 12.0 Å². The average molecular weight is 161 g/mol. The Kier molecular flexibility index (Phi) is 5.32. The first-order valence-corrected chi connectivity index (χ1v) is 4.00. The molecular weight excluding hydrogens is 148 g/mol. The van der Waals surface area contributed by atoms with Gasteiger partial charge in [-0.3, -0.25) is 4.79 Å². The number of ketones is 1. The lowest BCUT2D eigenvalue weighted by Crippen LogP contribution is -1.92. The first kappa shape index (κ1) is 9.70. The first-order valence-electron chi connectivity index (χ1n) is 3.46. The molecule has 0 saturated carbocycles. The fourth-order valence-corrected chi connectivity index (χ4v) is 0.709. The van der Waals surface area contributed by atoms with E-state index < -0.39 is 0 Å². The van der Waals surface area contributed by atoms with E-state index in [-0.39, 0.29) is 5.78 Å². The lowest BCUT2D eigenvalue weighted by Gasteiger charge is -1.92. The maximum atomic E-state index is 10.9. The van der Waals surface area contributed by atoms with Gasteiger partial charge >= 0.3 is 0 Å². The summed E-state index contributed by atoms with van der Waals surface area (Å²) >= 11 is 5.48. The Morgan fingerprint density at radius 1 is 1.60 bits per heavy atom. The van der Waals surface area contributed by atoms with Gasteiger partial charge in [-0.15, -0.1) is 11.6 Å². The molecule has 0 aliphatic heterocycles. The second-order valence-corrected chi connectivity index (χ2v) is 2.61. The van der Waals surface area contributed by atoms with Crippen LogP contribution in [-0.4, -0.2) is 11.7 Å². The largest absolute Gasteiger partial charge is 0.295 e. The SMILES string of the molecule is CCCC(=O)/C=C(/C)CCl. The number of hydrogen-bond donors (Lipinski definition) is 0. The number of halogens is 1. The maximum Gasteiger partial charge on any atom is 0.155 e. The molecule has 0 unspecified atom stereocenters. The number of carbonyl (C=O) groups excluding carboxylic acids is 1. The van der Waals surface area contributed by atoms with Crippen LogP contribution in [0.5, 0.6) is 0 Å². The predicted octanol–water partition coefficient (Wildman–Crippen LogP) is 2.54. The van der Waals surface area contributed by atoms with E-state index in [9.17, 15) is 4.79 Å². The summed E-state index contributed by atoms with van der Waals surface area (Å²) in [6.07, 6.45) is 3.16. The highest BCUT2D eigenvalue weighted by Gasteiger charge is 1.94. The van der Waals surface area contributed by atoms with E-state index in [1.165, 1.54) is 0 Å². The van der Waals surface area contributed by atoms with Gasteiger partial charge in [0, 0.05) is 12.3 Å². The third-order valence-electron chi connectivity index (χ3n) is 1.11. The van der Waals surface area contributed by atoms with Crippen molar-refractivity contribution in [2.75, 3.05) is 5.88 Å². The Balaban J connectivity index is 3.75. The van der Waals surface area contributed by atoms with Gasteiger partial charge in [-0.25, -0.2) is 0 Å². The van der Waals surface area contributed by atoms with Gasteiger partial charge in [-0.2, -0.15) is 0 Å². The quantitative estimate of drug-likeness (QED) is 0.456. The summed E-state index contributed by atoms with van der Waals surface area (Å²) in [5.41, 5.74) is 0.945. The summed E-state index contributed by atoms with van der Waals surface area (Å²) in [6, 6.07) is 0. The van der Waals surface area contributed by atoms with Gasteiger partial charge < -0.3 is 0 Å². The van der Waals surface area contributed by atoms with E-state index in [0.29, 0.717) is 12.3 Å². The normalized spacial score (nSPS) is 11.7. The van der Waals surface area contributed by atoms with Gasteiger partial charge in [0.1, 0.15) is 0 Å². The Hall–Kier alpha value is -0.300. The summed E-state index contributed by atoms with van der Waals surface area (Å²) in [6.45, 7) is 3.85. The summed E-state index contributed by atoms with van der Waals surface area (Å²) in [7, 11) is 0. The van der Waals surface area contributed by atoms with Crippen molar-refractivity contribution in [3.8, 4) is 0 Å². The minimum atomic E-state index is 0.181. The highest BCUT2D eigenvalue weighted by atomic mass is 35.5. The minimum Gasteiger partial charge on any atom is -0.295 e. The lowest BCUT2D eigenvalue weighted by molar-refractivity contribution is -0.114. The smallest absolute Gasteiger partial charge is 0.155 e. The zero-order chi connectivity index (χ0) is 7.98. The van der Waals surface area contributed by atoms with Crippen LogP contribution in [0.2, 0.25) is 0 Å². The van der Waals surface area contributed by atoms with Gasteiger partial charge in [-0.05, 0) is 19.4 Å². The molecule has 0 aliphatic carbocycles. The summed E-state index contributed by atoms with van der Waals surface area (Å²) in [4.78, 5) is 10.9. The molecule has 0 aromatic carbocycles. The molecule has 0 heterocycles. The Morgan fingerprint density at radius 3 is 2.60 bits per heavy atom. The summed E-state index contributed by atoms with van der Waals surface area (Å²) in [5.74, 6) is 0.635. The second kappa shape index (κ2) is 5.48. The number of carbonyl (C=O) groups is 1. The van der Waals surface area contributed by atoms with E-state index in [1.54, 1.807) is 6.08 Å². The van der Waals surface area contributed by atoms with Crippen LogP contribution in [0.4, 0.5) is 0 Å². The van der Waals surface area contributed by atoms with Gasteiger partial charge in [-0.1, -0.05) is 12.5 Å². The topological polar surface area (TPSA) is 17.1 Å². The van der Waals surface area contributed by atoms with Crippen LogP contribution >= 0.6 is 11.6 Å². The minimum absolute atomic E-state index is 0.181. The van der Waals surface area contributed by atoms with Crippen molar-refractivity contribution in [2.24, 2.45) is 0 Å². The van der Waals surface area contributed by atoms with Crippen LogP contribution in [0.15, 0.2) is 11.6 Å². The fraction of sp³-hybridized carbons (Fsp3) is 0.625. The molecule has 1 nitrogen and oxygen atoms in total. The molecule has 0 N–H and O–H groups in total.